The number of nitrogens with zero attached hydrogens (tertiary/aromatic N) is 1. The zero-order valence-corrected chi connectivity index (χ0v) is 9.23. The summed E-state index contributed by atoms with van der Waals surface area (Å²) in [6.07, 6.45) is 1.41. The molecule has 1 N–H and O–H groups in total. The van der Waals surface area contributed by atoms with Crippen molar-refractivity contribution in [1.29, 1.82) is 5.26 Å². The summed E-state index contributed by atoms with van der Waals surface area (Å²) < 4.78 is 5.06. The summed E-state index contributed by atoms with van der Waals surface area (Å²) in [5.74, 6) is 0.460. The number of nitrogens with one attached hydrogen (secondary N) is 1. The first-order valence-corrected chi connectivity index (χ1v) is 5.05. The van der Waals surface area contributed by atoms with Crippen LogP contribution in [0.1, 0.15) is 21.7 Å². The lowest BCUT2D eigenvalue weighted by Crippen LogP contribution is -2.10. The quantitative estimate of drug-likeness (QED) is 0.856. The van der Waals surface area contributed by atoms with Crippen molar-refractivity contribution >= 4 is 11.6 Å². The molecule has 0 unspecified atom stereocenters. The predicted octanol–water partition coefficient (Wildman–Crippen LogP) is 2.71. The third-order valence-corrected chi connectivity index (χ3v) is 2.26. The number of hydrogen-bond acceptors (Lipinski definition) is 3. The van der Waals surface area contributed by atoms with Gasteiger partial charge in [-0.25, -0.2) is 0 Å². The molecule has 1 aromatic heterocycles. The zero-order valence-electron chi connectivity index (χ0n) is 9.23. The van der Waals surface area contributed by atoms with Gasteiger partial charge in [-0.1, -0.05) is 0 Å². The van der Waals surface area contributed by atoms with Gasteiger partial charge in [0, 0.05) is 5.69 Å². The van der Waals surface area contributed by atoms with E-state index in [4.69, 9.17) is 9.68 Å². The molecule has 2 rings (SSSR count). The zero-order chi connectivity index (χ0) is 12.3. The summed E-state index contributed by atoms with van der Waals surface area (Å²) in [5.41, 5.74) is 1.68. The van der Waals surface area contributed by atoms with Crippen LogP contribution in [0.25, 0.3) is 0 Å². The van der Waals surface area contributed by atoms with Gasteiger partial charge in [-0.3, -0.25) is 4.79 Å². The topological polar surface area (TPSA) is 66.0 Å². The van der Waals surface area contributed by atoms with Gasteiger partial charge in [-0.2, -0.15) is 5.26 Å². The van der Waals surface area contributed by atoms with E-state index >= 15 is 0 Å². The van der Waals surface area contributed by atoms with E-state index in [0.717, 1.165) is 0 Å². The standard InChI is InChI=1S/C13H10N2O2/c1-9-6-11(8-17-9)13(16)15-12-4-2-10(7-14)3-5-12/h2-6,8H,1H3,(H,15,16). The summed E-state index contributed by atoms with van der Waals surface area (Å²) in [6, 6.07) is 10.3. The minimum absolute atomic E-state index is 0.230. The average molecular weight is 226 g/mol. The molecule has 1 amide bonds. The molecule has 2 aromatic rings. The molecule has 4 heteroatoms. The highest BCUT2D eigenvalue weighted by atomic mass is 16.3. The molecule has 0 spiro atoms. The third kappa shape index (κ3) is 2.52. The van der Waals surface area contributed by atoms with Crippen LogP contribution in [0.5, 0.6) is 0 Å². The van der Waals surface area contributed by atoms with Crippen LogP contribution in [0.4, 0.5) is 5.69 Å². The highest BCUT2D eigenvalue weighted by molar-refractivity contribution is 6.04. The Bertz CT molecular complexity index is 576. The molecule has 0 fully saturated rings. The molecule has 0 saturated carbocycles. The first-order valence-electron chi connectivity index (χ1n) is 5.05. The van der Waals surface area contributed by atoms with Gasteiger partial charge in [0.1, 0.15) is 12.0 Å². The highest BCUT2D eigenvalue weighted by Gasteiger charge is 2.08. The molecule has 0 radical (unpaired) electrons. The third-order valence-electron chi connectivity index (χ3n) is 2.26. The Kier molecular flexibility index (Phi) is 2.93. The molecular weight excluding hydrogens is 216 g/mol. The summed E-state index contributed by atoms with van der Waals surface area (Å²) in [6.45, 7) is 1.78. The van der Waals surface area contributed by atoms with Crippen LogP contribution in [0.2, 0.25) is 0 Å². The van der Waals surface area contributed by atoms with Gasteiger partial charge in [0.05, 0.1) is 17.2 Å². The molecule has 1 aromatic carbocycles. The van der Waals surface area contributed by atoms with Crippen LogP contribution in [0.15, 0.2) is 41.0 Å². The van der Waals surface area contributed by atoms with E-state index in [1.807, 2.05) is 6.07 Å². The lowest BCUT2D eigenvalue weighted by atomic mass is 10.2. The molecule has 0 aliphatic rings. The van der Waals surface area contributed by atoms with E-state index < -0.39 is 0 Å². The van der Waals surface area contributed by atoms with Crippen LogP contribution in [-0.2, 0) is 0 Å². The van der Waals surface area contributed by atoms with Crippen molar-refractivity contribution in [2.24, 2.45) is 0 Å². The van der Waals surface area contributed by atoms with Crippen LogP contribution in [0.3, 0.4) is 0 Å². The second kappa shape index (κ2) is 4.54. The van der Waals surface area contributed by atoms with E-state index in [2.05, 4.69) is 5.32 Å². The SMILES string of the molecule is Cc1cc(C(=O)Nc2ccc(C#N)cc2)co1. The van der Waals surface area contributed by atoms with Crippen molar-refractivity contribution in [2.45, 2.75) is 6.92 Å². The lowest BCUT2D eigenvalue weighted by Gasteiger charge is -2.02. The fourth-order valence-corrected chi connectivity index (χ4v) is 1.39. The van der Waals surface area contributed by atoms with Crippen LogP contribution in [-0.4, -0.2) is 5.91 Å². The number of carbonyl (C=O) groups is 1. The van der Waals surface area contributed by atoms with E-state index in [9.17, 15) is 4.79 Å². The maximum atomic E-state index is 11.7. The van der Waals surface area contributed by atoms with E-state index in [1.54, 1.807) is 37.3 Å². The molecular formula is C13H10N2O2. The van der Waals surface area contributed by atoms with Gasteiger partial charge < -0.3 is 9.73 Å². The van der Waals surface area contributed by atoms with Gasteiger partial charge in [0.2, 0.25) is 0 Å². The first-order chi connectivity index (χ1) is 8.19. The van der Waals surface area contributed by atoms with E-state index in [0.29, 0.717) is 22.6 Å². The number of nitriles is 1. The molecule has 1 heterocycles. The second-order valence-electron chi connectivity index (χ2n) is 3.59. The number of anilines is 1. The summed E-state index contributed by atoms with van der Waals surface area (Å²) >= 11 is 0. The van der Waals surface area contributed by atoms with Gasteiger partial charge in [-0.15, -0.1) is 0 Å². The number of aryl methyl sites for hydroxylation is 1. The Balaban J connectivity index is 2.11. The van der Waals surface area contributed by atoms with Crippen molar-refractivity contribution in [3.63, 3.8) is 0 Å². The molecule has 4 nitrogen and oxygen atoms in total. The molecule has 17 heavy (non-hydrogen) atoms. The summed E-state index contributed by atoms with van der Waals surface area (Å²) in [5, 5.41) is 11.4. The Hall–Kier alpha value is -2.54. The Morgan fingerprint density at radius 2 is 2.06 bits per heavy atom. The molecule has 84 valence electrons. The minimum Gasteiger partial charge on any atom is -0.469 e. The monoisotopic (exact) mass is 226 g/mol. The summed E-state index contributed by atoms with van der Waals surface area (Å²) in [7, 11) is 0. The van der Waals surface area contributed by atoms with E-state index in [1.165, 1.54) is 6.26 Å². The molecule has 0 aliphatic carbocycles. The minimum atomic E-state index is -0.230. The normalized spacial score (nSPS) is 9.65. The number of furan rings is 1. The smallest absolute Gasteiger partial charge is 0.258 e. The van der Waals surface area contributed by atoms with Gasteiger partial charge in [-0.05, 0) is 37.3 Å². The van der Waals surface area contributed by atoms with E-state index in [-0.39, 0.29) is 5.91 Å². The number of amides is 1. The van der Waals surface area contributed by atoms with Gasteiger partial charge >= 0.3 is 0 Å². The number of benzene rings is 1. The largest absolute Gasteiger partial charge is 0.469 e. The number of hydrogen-bond donors (Lipinski definition) is 1. The molecule has 0 atom stereocenters. The predicted molar refractivity (Wildman–Crippen MR) is 62.6 cm³/mol. The number of carbonyl (C=O) groups excluding carboxylic acids is 1. The van der Waals surface area contributed by atoms with Crippen LogP contribution < -0.4 is 5.32 Å². The maximum absolute atomic E-state index is 11.7. The first kappa shape index (κ1) is 11.0. The van der Waals surface area contributed by atoms with Crippen molar-refractivity contribution in [3.8, 4) is 6.07 Å². The molecule has 0 aliphatic heterocycles. The average Bonchev–Trinajstić information content (AvgIpc) is 2.77. The van der Waals surface area contributed by atoms with Gasteiger partial charge in [0.25, 0.3) is 5.91 Å². The Morgan fingerprint density at radius 3 is 2.59 bits per heavy atom. The number of rotatable bonds is 2. The second-order valence-corrected chi connectivity index (χ2v) is 3.59. The van der Waals surface area contributed by atoms with Crippen molar-refractivity contribution in [3.05, 3.63) is 53.5 Å². The van der Waals surface area contributed by atoms with Crippen LogP contribution in [0, 0.1) is 18.3 Å². The summed E-state index contributed by atoms with van der Waals surface area (Å²) in [4.78, 5) is 11.7. The van der Waals surface area contributed by atoms with Gasteiger partial charge in [0.15, 0.2) is 0 Å². The highest BCUT2D eigenvalue weighted by Crippen LogP contribution is 2.12. The fraction of sp³-hybridized carbons (Fsp3) is 0.0769. The molecule has 0 saturated heterocycles. The Morgan fingerprint density at radius 1 is 1.35 bits per heavy atom. The van der Waals surface area contributed by atoms with Crippen molar-refractivity contribution in [1.82, 2.24) is 0 Å². The van der Waals surface area contributed by atoms with Crippen LogP contribution >= 0.6 is 0 Å². The maximum Gasteiger partial charge on any atom is 0.258 e. The molecule has 0 bridgehead atoms. The Labute approximate surface area is 98.5 Å². The lowest BCUT2D eigenvalue weighted by molar-refractivity contribution is 0.102. The van der Waals surface area contributed by atoms with Crippen molar-refractivity contribution in [2.75, 3.05) is 5.32 Å². The fourth-order valence-electron chi connectivity index (χ4n) is 1.39. The van der Waals surface area contributed by atoms with Crippen molar-refractivity contribution < 1.29 is 9.21 Å².